The summed E-state index contributed by atoms with van der Waals surface area (Å²) in [5.74, 6) is 4.97. The molecule has 2 heteroatoms. The Balaban J connectivity index is 2.24. The molecule has 0 bridgehead atoms. The predicted molar refractivity (Wildman–Crippen MR) is 78.0 cm³/mol. The number of hydrogen-bond donors (Lipinski definition) is 0. The fourth-order valence-electron chi connectivity index (χ4n) is 2.74. The number of hydrogen-bond acceptors (Lipinski definition) is 0. The van der Waals surface area contributed by atoms with Gasteiger partial charge in [0, 0.05) is 0 Å². The summed E-state index contributed by atoms with van der Waals surface area (Å²) in [6.45, 7) is 5.10. The average molecular weight is 290 g/mol. The fraction of sp³-hybridized carbons (Fsp3) is 0.429. The Kier molecular flexibility index (Phi) is 3.45. The van der Waals surface area contributed by atoms with Gasteiger partial charge in [0.2, 0.25) is 0 Å². The van der Waals surface area contributed by atoms with E-state index in [-0.39, 0.29) is 0 Å². The molecule has 1 unspecified atom stereocenters. The zero-order chi connectivity index (χ0) is 11.8. The van der Waals surface area contributed by atoms with Crippen molar-refractivity contribution in [3.05, 3.63) is 46.9 Å². The second-order valence-electron chi connectivity index (χ2n) is 5.60. The van der Waals surface area contributed by atoms with Crippen LogP contribution in [0.15, 0.2) is 46.9 Å². The van der Waals surface area contributed by atoms with Crippen LogP contribution in [0.25, 0.3) is 0 Å². The number of rotatable bonds is 3. The Hall–Kier alpha value is -0.280. The number of allylic oxidation sites excluding steroid dienone is 8. The van der Waals surface area contributed by atoms with Gasteiger partial charge in [-0.2, -0.15) is 0 Å². The van der Waals surface area contributed by atoms with Gasteiger partial charge in [-0.15, -0.1) is 0 Å². The molecule has 0 fully saturated rings. The molecule has 1 radical (unpaired) electrons. The van der Waals surface area contributed by atoms with Gasteiger partial charge >= 0.3 is 105 Å². The zero-order valence-electron chi connectivity index (χ0n) is 10.7. The van der Waals surface area contributed by atoms with Crippen molar-refractivity contribution in [2.45, 2.75) is 35.7 Å². The standard InChI is InChI=1S/C14H21GeSi/c1-15(2)13-10-7-11-14(13)16(3,4)12-8-5-6-9-12/h5-12,14H,1-4H3. The molecule has 85 valence electrons. The van der Waals surface area contributed by atoms with E-state index < -0.39 is 22.4 Å². The van der Waals surface area contributed by atoms with Crippen LogP contribution in [-0.4, -0.2) is 22.4 Å². The molecule has 0 nitrogen and oxygen atoms in total. The van der Waals surface area contributed by atoms with Gasteiger partial charge in [-0.1, -0.05) is 0 Å². The van der Waals surface area contributed by atoms with Crippen LogP contribution >= 0.6 is 0 Å². The first kappa shape index (κ1) is 12.2. The van der Waals surface area contributed by atoms with Gasteiger partial charge in [-0.25, -0.2) is 0 Å². The van der Waals surface area contributed by atoms with E-state index in [1.807, 2.05) is 4.41 Å². The van der Waals surface area contributed by atoms with Gasteiger partial charge in [-0.3, -0.25) is 0 Å². The normalized spacial score (nSPS) is 24.8. The van der Waals surface area contributed by atoms with E-state index in [0.717, 1.165) is 11.1 Å². The van der Waals surface area contributed by atoms with Gasteiger partial charge in [0.1, 0.15) is 0 Å². The topological polar surface area (TPSA) is 0 Å². The van der Waals surface area contributed by atoms with Gasteiger partial charge in [-0.05, 0) is 0 Å². The van der Waals surface area contributed by atoms with Crippen molar-refractivity contribution >= 4 is 22.4 Å². The third kappa shape index (κ3) is 2.07. The fourth-order valence-corrected chi connectivity index (χ4v) is 12.1. The first-order valence-electron chi connectivity index (χ1n) is 6.07. The van der Waals surface area contributed by atoms with Crippen molar-refractivity contribution in [3.8, 4) is 0 Å². The monoisotopic (exact) mass is 291 g/mol. The molecule has 0 aliphatic heterocycles. The summed E-state index contributed by atoms with van der Waals surface area (Å²) in [7, 11) is -1.25. The van der Waals surface area contributed by atoms with Crippen molar-refractivity contribution < 1.29 is 0 Å². The molecule has 2 rings (SSSR count). The van der Waals surface area contributed by atoms with E-state index in [1.54, 1.807) is 0 Å². The molecule has 2 aliphatic carbocycles. The van der Waals surface area contributed by atoms with Crippen molar-refractivity contribution in [3.63, 3.8) is 0 Å². The van der Waals surface area contributed by atoms with Gasteiger partial charge in [0.15, 0.2) is 0 Å². The van der Waals surface area contributed by atoms with Gasteiger partial charge in [0.05, 0.1) is 0 Å². The van der Waals surface area contributed by atoms with Crippen LogP contribution in [0, 0.1) is 0 Å². The summed E-state index contributed by atoms with van der Waals surface area (Å²) in [6, 6.07) is 0. The van der Waals surface area contributed by atoms with Crippen molar-refractivity contribution in [2.75, 3.05) is 0 Å². The van der Waals surface area contributed by atoms with Gasteiger partial charge < -0.3 is 0 Å². The van der Waals surface area contributed by atoms with E-state index in [9.17, 15) is 0 Å². The van der Waals surface area contributed by atoms with Crippen LogP contribution in [0.1, 0.15) is 0 Å². The first-order chi connectivity index (χ1) is 7.53. The Morgan fingerprint density at radius 2 is 1.62 bits per heavy atom. The summed E-state index contributed by atoms with van der Waals surface area (Å²) in [5, 5.41) is 0. The molecule has 0 amide bonds. The van der Waals surface area contributed by atoms with E-state index >= 15 is 0 Å². The predicted octanol–water partition coefficient (Wildman–Crippen LogP) is 4.35. The van der Waals surface area contributed by atoms with E-state index in [4.69, 9.17) is 0 Å². The SMILES string of the molecule is [CH3][Ge]([CH3])[C]1=CC=CC1[Si](C)(C)C1C=CC=C1. The maximum absolute atomic E-state index is 2.55. The van der Waals surface area contributed by atoms with Crippen molar-refractivity contribution in [2.24, 2.45) is 0 Å². The van der Waals surface area contributed by atoms with Crippen LogP contribution in [0.3, 0.4) is 0 Å². The van der Waals surface area contributed by atoms with Gasteiger partial charge in [0.25, 0.3) is 0 Å². The van der Waals surface area contributed by atoms with E-state index in [0.29, 0.717) is 0 Å². The van der Waals surface area contributed by atoms with Crippen LogP contribution in [0.2, 0.25) is 35.7 Å². The summed E-state index contributed by atoms with van der Waals surface area (Å²) in [6.07, 6.45) is 16.4. The Bertz CT molecular complexity index is 374. The Morgan fingerprint density at radius 3 is 2.19 bits per heavy atom. The second kappa shape index (κ2) is 4.53. The molecular formula is C14H21GeSi. The molecule has 0 aromatic rings. The summed E-state index contributed by atoms with van der Waals surface area (Å²) < 4.78 is 1.81. The third-order valence-electron chi connectivity index (χ3n) is 3.90. The van der Waals surface area contributed by atoms with Crippen LogP contribution in [0.4, 0.5) is 0 Å². The summed E-state index contributed by atoms with van der Waals surface area (Å²) >= 11 is -0.902. The van der Waals surface area contributed by atoms with E-state index in [2.05, 4.69) is 67.1 Å². The molecule has 0 spiro atoms. The Morgan fingerprint density at radius 1 is 1.00 bits per heavy atom. The molecule has 1 atom stereocenters. The maximum atomic E-state index is 2.55. The molecular weight excluding hydrogens is 269 g/mol. The second-order valence-corrected chi connectivity index (χ2v) is 15.9. The molecule has 0 aromatic carbocycles. The molecule has 0 saturated heterocycles. The average Bonchev–Trinajstić information content (AvgIpc) is 2.89. The molecule has 0 N–H and O–H groups in total. The first-order valence-corrected chi connectivity index (χ1v) is 14.5. The zero-order valence-corrected chi connectivity index (χ0v) is 13.8. The van der Waals surface area contributed by atoms with E-state index in [1.165, 1.54) is 0 Å². The summed E-state index contributed by atoms with van der Waals surface area (Å²) in [5.41, 5.74) is 1.54. The molecule has 2 aliphatic rings. The quantitative estimate of drug-likeness (QED) is 0.678. The minimum atomic E-state index is -1.25. The molecule has 0 saturated carbocycles. The van der Waals surface area contributed by atoms with Crippen molar-refractivity contribution in [1.29, 1.82) is 0 Å². The molecule has 16 heavy (non-hydrogen) atoms. The van der Waals surface area contributed by atoms with Crippen molar-refractivity contribution in [1.82, 2.24) is 0 Å². The van der Waals surface area contributed by atoms with Crippen LogP contribution in [-0.2, 0) is 0 Å². The van der Waals surface area contributed by atoms with Crippen LogP contribution in [0.5, 0.6) is 0 Å². The van der Waals surface area contributed by atoms with Crippen LogP contribution < -0.4 is 0 Å². The Labute approximate surface area is 105 Å². The third-order valence-corrected chi connectivity index (χ3v) is 12.1. The minimum absolute atomic E-state index is 0.737. The molecule has 0 heterocycles. The summed E-state index contributed by atoms with van der Waals surface area (Å²) in [4.78, 5) is 0. The molecule has 0 aromatic heterocycles.